The molecule has 0 amide bonds. The van der Waals surface area contributed by atoms with Gasteiger partial charge in [0.25, 0.3) is 0 Å². The fourth-order valence-electron chi connectivity index (χ4n) is 2.36. The van der Waals surface area contributed by atoms with Gasteiger partial charge in [-0.05, 0) is 18.8 Å². The molecule has 5 heteroatoms. The first-order chi connectivity index (χ1) is 8.79. The summed E-state index contributed by atoms with van der Waals surface area (Å²) in [4.78, 5) is 16.2. The fraction of sp³-hybridized carbons (Fsp3) is 0.714. The summed E-state index contributed by atoms with van der Waals surface area (Å²) in [5.74, 6) is -0.554. The smallest absolute Gasteiger partial charge is 0.311 e. The van der Waals surface area contributed by atoms with Crippen molar-refractivity contribution in [2.75, 3.05) is 6.54 Å². The number of aliphatic carboxylic acids is 1. The second-order valence-corrected chi connectivity index (χ2v) is 7.44. The van der Waals surface area contributed by atoms with Gasteiger partial charge in [0.1, 0.15) is 0 Å². The van der Waals surface area contributed by atoms with E-state index in [2.05, 4.69) is 25.8 Å². The molecule has 0 spiro atoms. The molecule has 19 heavy (non-hydrogen) atoms. The van der Waals surface area contributed by atoms with Crippen LogP contribution in [0.25, 0.3) is 0 Å². The van der Waals surface area contributed by atoms with Gasteiger partial charge < -0.3 is 10.8 Å². The van der Waals surface area contributed by atoms with Gasteiger partial charge in [0.05, 0.1) is 16.1 Å². The molecule has 1 heterocycles. The molecular formula is C14H22N2O2S. The van der Waals surface area contributed by atoms with Gasteiger partial charge >= 0.3 is 5.97 Å². The van der Waals surface area contributed by atoms with Gasteiger partial charge in [-0.15, -0.1) is 11.3 Å². The highest BCUT2D eigenvalue weighted by atomic mass is 32.1. The van der Waals surface area contributed by atoms with Crippen LogP contribution in [0.5, 0.6) is 0 Å². The molecule has 4 nitrogen and oxygen atoms in total. The number of carbonyl (C=O) groups is 1. The van der Waals surface area contributed by atoms with Gasteiger partial charge in [-0.2, -0.15) is 0 Å². The number of hydrogen-bond donors (Lipinski definition) is 2. The molecule has 1 atom stereocenters. The molecule has 0 aliphatic heterocycles. The Labute approximate surface area is 118 Å². The molecule has 1 unspecified atom stereocenters. The van der Waals surface area contributed by atoms with E-state index in [1.54, 1.807) is 11.3 Å². The highest BCUT2D eigenvalue weighted by Crippen LogP contribution is 2.47. The Hall–Kier alpha value is -0.940. The predicted octanol–water partition coefficient (Wildman–Crippen LogP) is 2.42. The first-order valence-electron chi connectivity index (χ1n) is 6.68. The van der Waals surface area contributed by atoms with Crippen LogP contribution in [0.4, 0.5) is 0 Å². The third kappa shape index (κ3) is 2.82. The molecule has 0 bridgehead atoms. The van der Waals surface area contributed by atoms with Crippen LogP contribution in [-0.2, 0) is 16.6 Å². The maximum absolute atomic E-state index is 11.6. The van der Waals surface area contributed by atoms with E-state index < -0.39 is 11.4 Å². The van der Waals surface area contributed by atoms with Crippen molar-refractivity contribution in [3.05, 3.63) is 16.1 Å². The van der Waals surface area contributed by atoms with Crippen molar-refractivity contribution < 1.29 is 9.90 Å². The number of aromatic nitrogens is 1. The first kappa shape index (κ1) is 14.5. The fourth-order valence-corrected chi connectivity index (χ4v) is 3.51. The minimum atomic E-state index is -0.812. The lowest BCUT2D eigenvalue weighted by Gasteiger charge is -2.26. The molecule has 0 aromatic carbocycles. The summed E-state index contributed by atoms with van der Waals surface area (Å²) < 4.78 is 0. The van der Waals surface area contributed by atoms with Crippen molar-refractivity contribution in [1.29, 1.82) is 0 Å². The third-order valence-corrected chi connectivity index (χ3v) is 4.78. The molecule has 1 aromatic rings. The second-order valence-electron chi connectivity index (χ2n) is 6.49. The van der Waals surface area contributed by atoms with Gasteiger partial charge in [-0.3, -0.25) is 4.79 Å². The van der Waals surface area contributed by atoms with Crippen molar-refractivity contribution >= 4 is 17.3 Å². The van der Waals surface area contributed by atoms with Gasteiger partial charge in [0, 0.05) is 23.8 Å². The van der Waals surface area contributed by atoms with Gasteiger partial charge in [-0.25, -0.2) is 4.98 Å². The predicted molar refractivity (Wildman–Crippen MR) is 76.4 cm³/mol. The highest BCUT2D eigenvalue weighted by molar-refractivity contribution is 7.09. The Bertz CT molecular complexity index is 474. The van der Waals surface area contributed by atoms with Crippen LogP contribution in [0.3, 0.4) is 0 Å². The second kappa shape index (κ2) is 4.87. The summed E-state index contributed by atoms with van der Waals surface area (Å²) in [5, 5.41) is 12.5. The van der Waals surface area contributed by atoms with E-state index in [1.807, 2.05) is 5.38 Å². The van der Waals surface area contributed by atoms with Crippen molar-refractivity contribution in [3.8, 4) is 0 Å². The molecule has 1 aromatic heterocycles. The minimum absolute atomic E-state index is 0.00291. The summed E-state index contributed by atoms with van der Waals surface area (Å²) in [6.45, 7) is 6.53. The van der Waals surface area contributed by atoms with E-state index in [-0.39, 0.29) is 17.9 Å². The first-order valence-corrected chi connectivity index (χ1v) is 7.56. The standard InChI is InChI=1S/C14H22N2O2S/c1-13(2,3)10-7-19-11(16-10)6-14(8-15,12(17)18)9-4-5-9/h7,9H,4-6,8,15H2,1-3H3,(H,17,18). The average molecular weight is 282 g/mol. The van der Waals surface area contributed by atoms with Crippen LogP contribution in [0.1, 0.15) is 44.3 Å². The molecule has 1 aliphatic rings. The molecule has 1 saturated carbocycles. The van der Waals surface area contributed by atoms with Crippen molar-refractivity contribution in [2.24, 2.45) is 17.1 Å². The van der Waals surface area contributed by atoms with Crippen molar-refractivity contribution in [2.45, 2.75) is 45.4 Å². The molecule has 0 saturated heterocycles. The summed E-state index contributed by atoms with van der Waals surface area (Å²) in [7, 11) is 0. The van der Waals surface area contributed by atoms with Crippen LogP contribution in [0.15, 0.2) is 5.38 Å². The summed E-state index contributed by atoms with van der Waals surface area (Å²) in [6.07, 6.45) is 2.41. The summed E-state index contributed by atoms with van der Waals surface area (Å²) in [5.41, 5.74) is 6.00. The van der Waals surface area contributed by atoms with E-state index in [0.29, 0.717) is 6.42 Å². The number of rotatable bonds is 5. The number of carboxylic acids is 1. The normalized spacial score (nSPS) is 19.2. The Balaban J connectivity index is 2.23. The topological polar surface area (TPSA) is 76.2 Å². The zero-order chi connectivity index (χ0) is 14.3. The van der Waals surface area contributed by atoms with Crippen LogP contribution in [-0.4, -0.2) is 22.6 Å². The molecule has 0 radical (unpaired) electrons. The molecule has 1 aliphatic carbocycles. The number of nitrogens with zero attached hydrogens (tertiary/aromatic N) is 1. The maximum atomic E-state index is 11.6. The number of carboxylic acid groups (broad SMARTS) is 1. The van der Waals surface area contributed by atoms with E-state index >= 15 is 0 Å². The lowest BCUT2D eigenvalue weighted by atomic mass is 9.79. The highest BCUT2D eigenvalue weighted by Gasteiger charge is 2.50. The number of hydrogen-bond acceptors (Lipinski definition) is 4. The molecule has 106 valence electrons. The molecular weight excluding hydrogens is 260 g/mol. The van der Waals surface area contributed by atoms with Gasteiger partial charge in [0.15, 0.2) is 0 Å². The van der Waals surface area contributed by atoms with E-state index in [1.165, 1.54) is 0 Å². The molecule has 3 N–H and O–H groups in total. The Morgan fingerprint density at radius 1 is 1.53 bits per heavy atom. The number of nitrogens with two attached hydrogens (primary N) is 1. The molecule has 1 fully saturated rings. The zero-order valence-corrected chi connectivity index (χ0v) is 12.6. The maximum Gasteiger partial charge on any atom is 0.311 e. The largest absolute Gasteiger partial charge is 0.481 e. The lowest BCUT2D eigenvalue weighted by Crippen LogP contribution is -2.42. The van der Waals surface area contributed by atoms with E-state index in [9.17, 15) is 9.90 Å². The van der Waals surface area contributed by atoms with E-state index in [4.69, 9.17) is 5.73 Å². The van der Waals surface area contributed by atoms with Crippen LogP contribution < -0.4 is 5.73 Å². The average Bonchev–Trinajstić information content (AvgIpc) is 3.04. The SMILES string of the molecule is CC(C)(C)c1csc(CC(CN)(C(=O)O)C2CC2)n1. The monoisotopic (exact) mass is 282 g/mol. The van der Waals surface area contributed by atoms with Crippen molar-refractivity contribution in [3.63, 3.8) is 0 Å². The summed E-state index contributed by atoms with van der Waals surface area (Å²) in [6, 6.07) is 0. The van der Waals surface area contributed by atoms with Crippen LogP contribution >= 0.6 is 11.3 Å². The number of thiazole rings is 1. The zero-order valence-electron chi connectivity index (χ0n) is 11.8. The van der Waals surface area contributed by atoms with Crippen LogP contribution in [0, 0.1) is 11.3 Å². The van der Waals surface area contributed by atoms with Gasteiger partial charge in [0.2, 0.25) is 0 Å². The lowest BCUT2D eigenvalue weighted by molar-refractivity contribution is -0.149. The minimum Gasteiger partial charge on any atom is -0.481 e. The van der Waals surface area contributed by atoms with Crippen molar-refractivity contribution in [1.82, 2.24) is 4.98 Å². The Kier molecular flexibility index (Phi) is 3.71. The van der Waals surface area contributed by atoms with E-state index in [0.717, 1.165) is 23.5 Å². The summed E-state index contributed by atoms with van der Waals surface area (Å²) >= 11 is 1.55. The quantitative estimate of drug-likeness (QED) is 0.869. The van der Waals surface area contributed by atoms with Gasteiger partial charge in [-0.1, -0.05) is 20.8 Å². The van der Waals surface area contributed by atoms with Crippen LogP contribution in [0.2, 0.25) is 0 Å². The molecule has 2 rings (SSSR count). The Morgan fingerprint density at radius 2 is 2.16 bits per heavy atom. The third-order valence-electron chi connectivity index (χ3n) is 3.94. The Morgan fingerprint density at radius 3 is 2.53 bits per heavy atom.